The molecule has 0 unspecified atom stereocenters. The third kappa shape index (κ3) is 5.96. The molecular formula is C28H27Cl2N7O3. The van der Waals surface area contributed by atoms with Gasteiger partial charge in [-0.05, 0) is 54.8 Å². The number of nitriles is 1. The van der Waals surface area contributed by atoms with Gasteiger partial charge in [-0.3, -0.25) is 14.7 Å². The summed E-state index contributed by atoms with van der Waals surface area (Å²) in [4.78, 5) is 36.0. The van der Waals surface area contributed by atoms with Crippen molar-refractivity contribution in [3.8, 4) is 6.07 Å². The number of halogens is 2. The lowest BCUT2D eigenvalue weighted by atomic mass is 9.90. The van der Waals surface area contributed by atoms with E-state index in [1.54, 1.807) is 41.4 Å². The van der Waals surface area contributed by atoms with E-state index in [-0.39, 0.29) is 36.7 Å². The minimum absolute atomic E-state index is 0.0545. The van der Waals surface area contributed by atoms with E-state index in [0.29, 0.717) is 48.3 Å². The van der Waals surface area contributed by atoms with Crippen LogP contribution in [0, 0.1) is 17.2 Å². The highest BCUT2D eigenvalue weighted by molar-refractivity contribution is 6.30. The molecule has 5 rings (SSSR count). The SMILES string of the molecule is N#Cc1ccc(N2C[C@@H](C(=O)N3CCC[C@@H](c4ccc(Cl)cc4)N(C(=O)O)CC3)[C@H](c3ccc(Cl)cn3)C2)nn1. The molecule has 2 fully saturated rings. The maximum absolute atomic E-state index is 14.0. The van der Waals surface area contributed by atoms with E-state index >= 15 is 0 Å². The van der Waals surface area contributed by atoms with Crippen LogP contribution in [0.15, 0.2) is 54.7 Å². The van der Waals surface area contributed by atoms with Gasteiger partial charge in [-0.15, -0.1) is 10.2 Å². The number of hydrogen-bond acceptors (Lipinski definition) is 7. The van der Waals surface area contributed by atoms with Gasteiger partial charge in [0.2, 0.25) is 5.91 Å². The second-order valence-electron chi connectivity index (χ2n) is 9.92. The Morgan fingerprint density at radius 1 is 0.950 bits per heavy atom. The molecular weight excluding hydrogens is 553 g/mol. The second-order valence-corrected chi connectivity index (χ2v) is 10.8. The largest absolute Gasteiger partial charge is 0.465 e. The maximum atomic E-state index is 14.0. The first-order valence-corrected chi connectivity index (χ1v) is 13.7. The third-order valence-corrected chi connectivity index (χ3v) is 8.04. The highest BCUT2D eigenvalue weighted by Crippen LogP contribution is 2.36. The van der Waals surface area contributed by atoms with Crippen LogP contribution in [0.2, 0.25) is 10.0 Å². The van der Waals surface area contributed by atoms with E-state index in [0.717, 1.165) is 11.3 Å². The van der Waals surface area contributed by atoms with Crippen LogP contribution in [0.4, 0.5) is 10.6 Å². The molecule has 0 bridgehead atoms. The average molecular weight is 580 g/mol. The predicted molar refractivity (Wildman–Crippen MR) is 149 cm³/mol. The van der Waals surface area contributed by atoms with Gasteiger partial charge in [0.25, 0.3) is 0 Å². The lowest BCUT2D eigenvalue weighted by Crippen LogP contribution is -2.47. The van der Waals surface area contributed by atoms with Crippen LogP contribution >= 0.6 is 23.2 Å². The Morgan fingerprint density at radius 2 is 1.73 bits per heavy atom. The molecule has 1 N–H and O–H groups in total. The molecule has 3 aromatic rings. The van der Waals surface area contributed by atoms with E-state index in [4.69, 9.17) is 28.5 Å². The number of hydrogen-bond donors (Lipinski definition) is 1. The Hall–Kier alpha value is -3.94. The smallest absolute Gasteiger partial charge is 0.407 e. The first-order valence-electron chi connectivity index (χ1n) is 13.0. The quantitative estimate of drug-likeness (QED) is 0.474. The van der Waals surface area contributed by atoms with Gasteiger partial charge in [0.1, 0.15) is 6.07 Å². The molecule has 0 radical (unpaired) electrons. The van der Waals surface area contributed by atoms with Gasteiger partial charge in [0.15, 0.2) is 11.5 Å². The molecule has 3 atom stereocenters. The maximum Gasteiger partial charge on any atom is 0.407 e. The van der Waals surface area contributed by atoms with Crippen LogP contribution in [0.1, 0.15) is 41.8 Å². The minimum atomic E-state index is -1.02. The molecule has 2 aliphatic heterocycles. The first-order chi connectivity index (χ1) is 19.3. The Balaban J connectivity index is 1.37. The third-order valence-electron chi connectivity index (χ3n) is 7.56. The summed E-state index contributed by atoms with van der Waals surface area (Å²) in [6, 6.07) is 15.8. The van der Waals surface area contributed by atoms with Crippen molar-refractivity contribution in [3.63, 3.8) is 0 Å². The zero-order chi connectivity index (χ0) is 28.2. The van der Waals surface area contributed by atoms with E-state index in [1.165, 1.54) is 4.90 Å². The molecule has 2 aromatic heterocycles. The number of aromatic nitrogens is 3. The fourth-order valence-corrected chi connectivity index (χ4v) is 5.78. The summed E-state index contributed by atoms with van der Waals surface area (Å²) in [5.41, 5.74) is 1.84. The molecule has 206 valence electrons. The summed E-state index contributed by atoms with van der Waals surface area (Å²) in [6.07, 6.45) is 1.77. The van der Waals surface area contributed by atoms with Crippen LogP contribution in [0.25, 0.3) is 0 Å². The molecule has 0 saturated carbocycles. The van der Waals surface area contributed by atoms with Gasteiger partial charge in [-0.1, -0.05) is 35.3 Å². The monoisotopic (exact) mass is 579 g/mol. The number of anilines is 1. The van der Waals surface area contributed by atoms with Crippen molar-refractivity contribution in [1.82, 2.24) is 25.0 Å². The van der Waals surface area contributed by atoms with Gasteiger partial charge in [0.05, 0.1) is 17.0 Å². The fraction of sp³-hybridized carbons (Fsp3) is 0.357. The van der Waals surface area contributed by atoms with Gasteiger partial charge < -0.3 is 14.9 Å². The Kier molecular flexibility index (Phi) is 8.33. The summed E-state index contributed by atoms with van der Waals surface area (Å²) >= 11 is 12.1. The van der Waals surface area contributed by atoms with Crippen LogP contribution < -0.4 is 4.90 Å². The van der Waals surface area contributed by atoms with Gasteiger partial charge in [-0.25, -0.2) is 4.79 Å². The Labute approximate surface area is 241 Å². The fourth-order valence-electron chi connectivity index (χ4n) is 5.54. The van der Waals surface area contributed by atoms with Gasteiger partial charge in [0, 0.05) is 55.6 Å². The molecule has 2 amide bonds. The van der Waals surface area contributed by atoms with Crippen molar-refractivity contribution >= 4 is 41.0 Å². The van der Waals surface area contributed by atoms with Crippen LogP contribution in [-0.2, 0) is 4.79 Å². The Morgan fingerprint density at radius 3 is 2.38 bits per heavy atom. The van der Waals surface area contributed by atoms with E-state index < -0.39 is 12.0 Å². The lowest BCUT2D eigenvalue weighted by Gasteiger charge is -2.36. The van der Waals surface area contributed by atoms with Gasteiger partial charge in [-0.2, -0.15) is 5.26 Å². The van der Waals surface area contributed by atoms with Crippen LogP contribution in [0.3, 0.4) is 0 Å². The predicted octanol–water partition coefficient (Wildman–Crippen LogP) is 4.61. The number of carbonyl (C=O) groups excluding carboxylic acids is 1. The second kappa shape index (κ2) is 12.1. The Bertz CT molecular complexity index is 1400. The van der Waals surface area contributed by atoms with Gasteiger partial charge >= 0.3 is 6.09 Å². The molecule has 4 heterocycles. The summed E-state index contributed by atoms with van der Waals surface area (Å²) in [6.45, 7) is 1.86. The highest BCUT2D eigenvalue weighted by Gasteiger charge is 2.42. The molecule has 2 saturated heterocycles. The molecule has 1 aromatic carbocycles. The highest BCUT2D eigenvalue weighted by atomic mass is 35.5. The topological polar surface area (TPSA) is 127 Å². The van der Waals surface area contributed by atoms with Crippen molar-refractivity contribution in [3.05, 3.63) is 81.7 Å². The van der Waals surface area contributed by atoms with Crippen molar-refractivity contribution in [2.24, 2.45) is 5.92 Å². The standard InChI is InChI=1S/C28H27Cl2N7O3/c29-19-5-3-18(4-6-19)25-2-1-11-35(12-13-37(25)28(39)40)27(38)23-17-36(26-10-8-21(14-31)33-34-26)16-22(23)24-9-7-20(30)15-32-24/h3-10,15,22-23,25H,1-2,11-13,16-17H2,(H,39,40)/t22-,23-,25+/m1/s1. The number of amides is 2. The minimum Gasteiger partial charge on any atom is -0.465 e. The number of pyridine rings is 1. The lowest BCUT2D eigenvalue weighted by molar-refractivity contribution is -0.136. The number of nitrogens with zero attached hydrogens (tertiary/aromatic N) is 7. The number of benzene rings is 1. The van der Waals surface area contributed by atoms with Crippen LogP contribution in [0.5, 0.6) is 0 Å². The first kappa shape index (κ1) is 27.6. The van der Waals surface area contributed by atoms with E-state index in [1.807, 2.05) is 29.2 Å². The molecule has 0 aliphatic carbocycles. The summed E-state index contributed by atoms with van der Waals surface area (Å²) in [5, 5.41) is 28.3. The molecule has 12 heteroatoms. The van der Waals surface area contributed by atoms with Crippen molar-refractivity contribution in [2.75, 3.05) is 37.6 Å². The van der Waals surface area contributed by atoms with E-state index in [9.17, 15) is 14.7 Å². The zero-order valence-corrected chi connectivity index (χ0v) is 23.0. The average Bonchev–Trinajstić information content (AvgIpc) is 3.39. The van der Waals surface area contributed by atoms with Crippen LogP contribution in [-0.4, -0.2) is 74.8 Å². The van der Waals surface area contributed by atoms with Crippen molar-refractivity contribution in [1.29, 1.82) is 5.26 Å². The molecule has 0 spiro atoms. The summed E-state index contributed by atoms with van der Waals surface area (Å²) < 4.78 is 0. The zero-order valence-electron chi connectivity index (χ0n) is 21.5. The molecule has 2 aliphatic rings. The van der Waals surface area contributed by atoms with Crippen molar-refractivity contribution in [2.45, 2.75) is 24.8 Å². The molecule has 10 nitrogen and oxygen atoms in total. The van der Waals surface area contributed by atoms with E-state index in [2.05, 4.69) is 15.2 Å². The number of carbonyl (C=O) groups is 2. The summed E-state index contributed by atoms with van der Waals surface area (Å²) in [5.74, 6) is -0.147. The number of rotatable bonds is 4. The summed E-state index contributed by atoms with van der Waals surface area (Å²) in [7, 11) is 0. The molecule has 40 heavy (non-hydrogen) atoms. The van der Waals surface area contributed by atoms with Crippen molar-refractivity contribution < 1.29 is 14.7 Å². The normalized spacial score (nSPS) is 21.4. The number of carboxylic acid groups (broad SMARTS) is 1.